The van der Waals surface area contributed by atoms with Crippen LogP contribution in [0.2, 0.25) is 0 Å². The van der Waals surface area contributed by atoms with Crippen molar-refractivity contribution in [2.45, 2.75) is 39.3 Å². The fourth-order valence-electron chi connectivity index (χ4n) is 2.45. The van der Waals surface area contributed by atoms with E-state index >= 15 is 0 Å². The molecule has 0 aliphatic carbocycles. The fraction of sp³-hybridized carbons (Fsp3) is 0.368. The third-order valence-electron chi connectivity index (χ3n) is 4.36. The van der Waals surface area contributed by atoms with Crippen molar-refractivity contribution in [3.8, 4) is 0 Å². The number of benzene rings is 1. The predicted octanol–water partition coefficient (Wildman–Crippen LogP) is 1.77. The van der Waals surface area contributed by atoms with Crippen LogP contribution in [0.15, 0.2) is 30.3 Å². The molecule has 1 aromatic heterocycles. The zero-order chi connectivity index (χ0) is 20.9. The van der Waals surface area contributed by atoms with Gasteiger partial charge in [0.15, 0.2) is 5.69 Å². The molecule has 2 rings (SSSR count). The molecule has 28 heavy (non-hydrogen) atoms. The molecule has 0 atom stereocenters. The highest BCUT2D eigenvalue weighted by Gasteiger charge is 2.27. The molecular weight excluding hydrogens is 378 g/mol. The van der Waals surface area contributed by atoms with Crippen LogP contribution in [0.5, 0.6) is 0 Å². The van der Waals surface area contributed by atoms with Gasteiger partial charge in [0.1, 0.15) is 11.4 Å². The molecule has 150 valence electrons. The molecule has 3 amide bonds. The third-order valence-corrected chi connectivity index (χ3v) is 5.21. The van der Waals surface area contributed by atoms with Crippen LogP contribution in [0.3, 0.4) is 0 Å². The zero-order valence-electron chi connectivity index (χ0n) is 16.2. The van der Waals surface area contributed by atoms with Crippen LogP contribution in [0.4, 0.5) is 5.69 Å². The molecule has 1 heterocycles. The minimum atomic E-state index is -0.801. The van der Waals surface area contributed by atoms with Gasteiger partial charge in [-0.3, -0.25) is 14.4 Å². The van der Waals surface area contributed by atoms with Crippen molar-refractivity contribution in [2.24, 2.45) is 5.73 Å². The van der Waals surface area contributed by atoms with Gasteiger partial charge in [0.2, 0.25) is 5.91 Å². The molecule has 5 N–H and O–H groups in total. The van der Waals surface area contributed by atoms with Crippen molar-refractivity contribution in [1.29, 1.82) is 0 Å². The summed E-state index contributed by atoms with van der Waals surface area (Å²) in [5.41, 5.74) is 11.4. The number of nitrogens with two attached hydrogens (primary N) is 2. The van der Waals surface area contributed by atoms with E-state index < -0.39 is 11.8 Å². The number of nitrogens with one attached hydrogen (secondary N) is 1. The summed E-state index contributed by atoms with van der Waals surface area (Å²) in [5.74, 6) is -1.56. The van der Waals surface area contributed by atoms with Gasteiger partial charge in [-0.05, 0) is 37.4 Å². The van der Waals surface area contributed by atoms with E-state index in [-0.39, 0.29) is 40.8 Å². The first-order chi connectivity index (χ1) is 13.1. The number of carbonyl (C=O) groups is 3. The van der Waals surface area contributed by atoms with Crippen molar-refractivity contribution < 1.29 is 14.4 Å². The molecule has 0 aliphatic rings. The second-order valence-electron chi connectivity index (χ2n) is 7.07. The maximum absolute atomic E-state index is 13.1. The van der Waals surface area contributed by atoms with Crippen LogP contribution in [-0.2, 0) is 11.3 Å². The fourth-order valence-corrected chi connectivity index (χ4v) is 3.23. The van der Waals surface area contributed by atoms with Crippen LogP contribution < -0.4 is 16.8 Å². The van der Waals surface area contributed by atoms with Gasteiger partial charge in [-0.2, -0.15) is 4.37 Å². The molecule has 0 fully saturated rings. The van der Waals surface area contributed by atoms with E-state index in [1.807, 2.05) is 51.1 Å². The van der Waals surface area contributed by atoms with Gasteiger partial charge in [-0.1, -0.05) is 37.3 Å². The van der Waals surface area contributed by atoms with Gasteiger partial charge in [0, 0.05) is 12.1 Å². The molecule has 0 saturated heterocycles. The number of nitrogen functional groups attached to an aromatic ring is 1. The van der Waals surface area contributed by atoms with Crippen LogP contribution >= 0.6 is 11.5 Å². The van der Waals surface area contributed by atoms with Gasteiger partial charge < -0.3 is 21.7 Å². The number of amides is 3. The first-order valence-electron chi connectivity index (χ1n) is 8.83. The molecule has 1 aromatic carbocycles. The average molecular weight is 404 g/mol. The normalized spacial score (nSPS) is 11.1. The Bertz CT molecular complexity index is 864. The summed E-state index contributed by atoms with van der Waals surface area (Å²) in [6.45, 7) is 5.85. The average Bonchev–Trinajstić information content (AvgIpc) is 3.02. The lowest BCUT2D eigenvalue weighted by atomic mass is 10.0. The molecule has 8 nitrogen and oxygen atoms in total. The Kier molecular flexibility index (Phi) is 6.74. The van der Waals surface area contributed by atoms with E-state index in [4.69, 9.17) is 11.5 Å². The number of carbonyl (C=O) groups excluding carboxylic acids is 3. The highest BCUT2D eigenvalue weighted by molar-refractivity contribution is 7.09. The lowest BCUT2D eigenvalue weighted by Crippen LogP contribution is -2.48. The largest absolute Gasteiger partial charge is 0.395 e. The number of primary amides is 1. The number of anilines is 1. The first kappa shape index (κ1) is 21.4. The number of aromatic nitrogens is 1. The highest BCUT2D eigenvalue weighted by atomic mass is 32.1. The summed E-state index contributed by atoms with van der Waals surface area (Å²) >= 11 is 0.797. The summed E-state index contributed by atoms with van der Waals surface area (Å²) in [7, 11) is 0. The summed E-state index contributed by atoms with van der Waals surface area (Å²) in [6.07, 6.45) is 0.745. The standard InChI is InChI=1S/C19H25N5O3S/c1-4-19(2,3)22-13(25)11-24(10-12-8-6-5-7-9-12)18(27)16-14(20)15(17(21)26)23-28-16/h5-9H,4,10-11,20H2,1-3H3,(H2,21,26)(H,22,25). The number of nitrogens with zero attached hydrogens (tertiary/aromatic N) is 2. The van der Waals surface area contributed by atoms with E-state index in [9.17, 15) is 14.4 Å². The summed E-state index contributed by atoms with van der Waals surface area (Å²) in [5, 5.41) is 2.92. The van der Waals surface area contributed by atoms with Crippen LogP contribution in [0.1, 0.15) is 52.9 Å². The SMILES string of the molecule is CCC(C)(C)NC(=O)CN(Cc1ccccc1)C(=O)c1snc(C(N)=O)c1N. The minimum Gasteiger partial charge on any atom is -0.395 e. The first-order valence-corrected chi connectivity index (χ1v) is 9.61. The Morgan fingerprint density at radius 1 is 1.21 bits per heavy atom. The van der Waals surface area contributed by atoms with Crippen molar-refractivity contribution in [1.82, 2.24) is 14.6 Å². The van der Waals surface area contributed by atoms with E-state index in [1.54, 1.807) is 0 Å². The highest BCUT2D eigenvalue weighted by Crippen LogP contribution is 2.24. The molecule has 0 bridgehead atoms. The van der Waals surface area contributed by atoms with Crippen molar-refractivity contribution in [3.05, 3.63) is 46.5 Å². The van der Waals surface area contributed by atoms with Gasteiger partial charge in [0.25, 0.3) is 11.8 Å². The Morgan fingerprint density at radius 3 is 2.39 bits per heavy atom. The molecule has 2 aromatic rings. The maximum Gasteiger partial charge on any atom is 0.270 e. The van der Waals surface area contributed by atoms with Crippen molar-refractivity contribution in [3.63, 3.8) is 0 Å². The van der Waals surface area contributed by atoms with Crippen LogP contribution in [0.25, 0.3) is 0 Å². The summed E-state index contributed by atoms with van der Waals surface area (Å²) in [6, 6.07) is 9.29. The van der Waals surface area contributed by atoms with E-state index in [0.717, 1.165) is 23.5 Å². The molecule has 0 spiro atoms. The number of hydrogen-bond acceptors (Lipinski definition) is 6. The molecule has 0 radical (unpaired) electrons. The number of rotatable bonds is 8. The third kappa shape index (κ3) is 5.29. The van der Waals surface area contributed by atoms with Crippen molar-refractivity contribution >= 4 is 34.9 Å². The topological polar surface area (TPSA) is 131 Å². The van der Waals surface area contributed by atoms with Crippen LogP contribution in [0, 0.1) is 0 Å². The minimum absolute atomic E-state index is 0.0603. The van der Waals surface area contributed by atoms with E-state index in [0.29, 0.717) is 0 Å². The Morgan fingerprint density at radius 2 is 1.86 bits per heavy atom. The second-order valence-corrected chi connectivity index (χ2v) is 7.84. The van der Waals surface area contributed by atoms with E-state index in [2.05, 4.69) is 9.69 Å². The molecule has 0 aliphatic heterocycles. The monoisotopic (exact) mass is 403 g/mol. The summed E-state index contributed by atoms with van der Waals surface area (Å²) < 4.78 is 3.87. The Balaban J connectivity index is 2.28. The zero-order valence-corrected chi connectivity index (χ0v) is 17.0. The van der Waals surface area contributed by atoms with Gasteiger partial charge in [0.05, 0.1) is 5.69 Å². The Labute approximate surface area is 168 Å². The quantitative estimate of drug-likeness (QED) is 0.618. The van der Waals surface area contributed by atoms with Gasteiger partial charge in [-0.25, -0.2) is 0 Å². The second kappa shape index (κ2) is 8.83. The van der Waals surface area contributed by atoms with E-state index in [1.165, 1.54) is 4.90 Å². The molecule has 0 saturated carbocycles. The van der Waals surface area contributed by atoms with Crippen molar-refractivity contribution in [2.75, 3.05) is 12.3 Å². The number of hydrogen-bond donors (Lipinski definition) is 3. The molecular formula is C19H25N5O3S. The van der Waals surface area contributed by atoms with Crippen LogP contribution in [-0.4, -0.2) is 39.1 Å². The predicted molar refractivity (Wildman–Crippen MR) is 109 cm³/mol. The maximum atomic E-state index is 13.1. The summed E-state index contributed by atoms with van der Waals surface area (Å²) in [4.78, 5) is 38.4. The van der Waals surface area contributed by atoms with Gasteiger partial charge >= 0.3 is 0 Å². The lowest BCUT2D eigenvalue weighted by Gasteiger charge is -2.27. The smallest absolute Gasteiger partial charge is 0.270 e. The molecule has 9 heteroatoms. The molecule has 0 unspecified atom stereocenters. The lowest BCUT2D eigenvalue weighted by molar-refractivity contribution is -0.123. The van der Waals surface area contributed by atoms with Gasteiger partial charge in [-0.15, -0.1) is 0 Å². The Hall–Kier alpha value is -2.94.